The van der Waals surface area contributed by atoms with Gasteiger partial charge in [0.1, 0.15) is 48.8 Å². The van der Waals surface area contributed by atoms with Crippen LogP contribution in [0.5, 0.6) is 0 Å². The van der Waals surface area contributed by atoms with Crippen LogP contribution in [0.3, 0.4) is 0 Å². The molecule has 0 spiro atoms. The highest BCUT2D eigenvalue weighted by molar-refractivity contribution is 5.76. The number of hydrogen-bond acceptors (Lipinski definition) is 13. The van der Waals surface area contributed by atoms with Crippen LogP contribution in [0.25, 0.3) is 0 Å². The molecule has 0 bridgehead atoms. The van der Waals surface area contributed by atoms with E-state index in [0.29, 0.717) is 12.8 Å². The zero-order chi connectivity index (χ0) is 63.1. The number of allylic oxidation sites excluding steroid dienone is 14. The predicted octanol–water partition coefficient (Wildman–Crippen LogP) is 14.4. The van der Waals surface area contributed by atoms with E-state index in [9.17, 15) is 45.6 Å². The molecule has 14 nitrogen and oxygen atoms in total. The molecule has 504 valence electrons. The fourth-order valence-corrected chi connectivity index (χ4v) is 11.3. The molecule has 2 rings (SSSR count). The second kappa shape index (κ2) is 57.1. The first-order valence-corrected chi connectivity index (χ1v) is 35.3. The molecule has 0 aliphatic carbocycles. The summed E-state index contributed by atoms with van der Waals surface area (Å²) in [6.07, 6.45) is 61.8. The Bertz CT molecular complexity index is 1780. The van der Waals surface area contributed by atoms with Crippen LogP contribution in [-0.2, 0) is 23.7 Å². The van der Waals surface area contributed by atoms with E-state index in [1.807, 2.05) is 0 Å². The van der Waals surface area contributed by atoms with Crippen molar-refractivity contribution in [1.29, 1.82) is 0 Å². The van der Waals surface area contributed by atoms with Gasteiger partial charge in [-0.3, -0.25) is 4.79 Å². The largest absolute Gasteiger partial charge is 0.394 e. The van der Waals surface area contributed by atoms with Gasteiger partial charge in [-0.25, -0.2) is 0 Å². The van der Waals surface area contributed by atoms with Crippen LogP contribution >= 0.6 is 0 Å². The third kappa shape index (κ3) is 41.3. The number of carbonyl (C=O) groups is 1. The molecule has 0 radical (unpaired) electrons. The smallest absolute Gasteiger partial charge is 0.220 e. The van der Waals surface area contributed by atoms with E-state index in [1.165, 1.54) is 154 Å². The van der Waals surface area contributed by atoms with Crippen molar-refractivity contribution in [2.24, 2.45) is 0 Å². The van der Waals surface area contributed by atoms with Gasteiger partial charge in [0.05, 0.1) is 32.0 Å². The zero-order valence-electron chi connectivity index (χ0n) is 54.7. The summed E-state index contributed by atoms with van der Waals surface area (Å²) < 4.78 is 22.9. The first kappa shape index (κ1) is 80.3. The predicted molar refractivity (Wildman–Crippen MR) is 355 cm³/mol. The number of nitrogens with one attached hydrogen (secondary N) is 1. The van der Waals surface area contributed by atoms with Gasteiger partial charge in [-0.15, -0.1) is 0 Å². The second-order valence-electron chi connectivity index (χ2n) is 24.6. The number of hydrogen-bond donors (Lipinski definition) is 9. The molecule has 0 aromatic heterocycles. The van der Waals surface area contributed by atoms with Gasteiger partial charge < -0.3 is 65.1 Å². The van der Waals surface area contributed by atoms with Crippen LogP contribution < -0.4 is 5.32 Å². The lowest BCUT2D eigenvalue weighted by molar-refractivity contribution is -0.359. The summed E-state index contributed by atoms with van der Waals surface area (Å²) in [5, 5.41) is 87.4. The number of aliphatic hydroxyl groups excluding tert-OH is 8. The maximum atomic E-state index is 13.3. The summed E-state index contributed by atoms with van der Waals surface area (Å²) in [5.41, 5.74) is 0. The highest BCUT2D eigenvalue weighted by Gasteiger charge is 2.51. The second-order valence-corrected chi connectivity index (χ2v) is 24.6. The molecular weight excluding hydrogens is 1100 g/mol. The SMILES string of the molecule is CC/C=C\C/C=C\C/C=C\C/C=C\C/C=C\C/C=C\C/C=C\CCCCCCCCCCCCCCCCCCCC(=O)NC(COC1OC(CO)C(OC2OC(CO)C(O)C(O)C2O)C(O)C1O)C(O)CCCCCCCCCCCCCCCC. The molecule has 0 aromatic carbocycles. The molecule has 1 amide bonds. The van der Waals surface area contributed by atoms with Gasteiger partial charge >= 0.3 is 0 Å². The maximum Gasteiger partial charge on any atom is 0.220 e. The van der Waals surface area contributed by atoms with Gasteiger partial charge in [-0.2, -0.15) is 0 Å². The molecule has 14 heteroatoms. The lowest BCUT2D eigenvalue weighted by atomic mass is 9.97. The number of unbranched alkanes of at least 4 members (excludes halogenated alkanes) is 30. The minimum absolute atomic E-state index is 0.206. The van der Waals surface area contributed by atoms with Gasteiger partial charge in [-0.1, -0.05) is 285 Å². The maximum absolute atomic E-state index is 13.3. The molecule has 2 saturated heterocycles. The highest BCUT2D eigenvalue weighted by atomic mass is 16.7. The molecule has 2 fully saturated rings. The first-order chi connectivity index (χ1) is 42.6. The zero-order valence-corrected chi connectivity index (χ0v) is 54.7. The van der Waals surface area contributed by atoms with Crippen LogP contribution in [0.2, 0.25) is 0 Å². The van der Waals surface area contributed by atoms with Crippen molar-refractivity contribution in [3.8, 4) is 0 Å². The van der Waals surface area contributed by atoms with Gasteiger partial charge in [0.2, 0.25) is 5.91 Å². The topological polar surface area (TPSA) is 228 Å². The Morgan fingerprint density at radius 2 is 0.793 bits per heavy atom. The van der Waals surface area contributed by atoms with Crippen LogP contribution in [0.15, 0.2) is 85.1 Å². The Labute approximate surface area is 529 Å². The normalized spacial score (nSPS) is 23.8. The Kier molecular flexibility index (Phi) is 52.7. The summed E-state index contributed by atoms with van der Waals surface area (Å²) in [4.78, 5) is 13.3. The van der Waals surface area contributed by atoms with Crippen LogP contribution in [-0.4, -0.2) is 140 Å². The van der Waals surface area contributed by atoms with E-state index in [-0.39, 0.29) is 12.5 Å². The lowest BCUT2D eigenvalue weighted by Crippen LogP contribution is -2.65. The molecule has 12 unspecified atom stereocenters. The lowest BCUT2D eigenvalue weighted by Gasteiger charge is -2.46. The number of aliphatic hydroxyl groups is 8. The summed E-state index contributed by atoms with van der Waals surface area (Å²) >= 11 is 0. The molecule has 0 aromatic rings. The molecular formula is C73H129NO13. The van der Waals surface area contributed by atoms with Crippen molar-refractivity contribution in [2.75, 3.05) is 19.8 Å². The summed E-state index contributed by atoms with van der Waals surface area (Å²) in [7, 11) is 0. The molecule has 12 atom stereocenters. The average molecular weight is 1230 g/mol. The van der Waals surface area contributed by atoms with Gasteiger partial charge in [-0.05, 0) is 70.6 Å². The number of amides is 1. The van der Waals surface area contributed by atoms with Crippen molar-refractivity contribution in [2.45, 2.75) is 351 Å². The fraction of sp³-hybridized carbons (Fsp3) is 0.795. The van der Waals surface area contributed by atoms with E-state index < -0.39 is 86.8 Å². The van der Waals surface area contributed by atoms with E-state index in [1.54, 1.807) is 0 Å². The van der Waals surface area contributed by atoms with E-state index in [4.69, 9.17) is 18.9 Å². The molecule has 2 heterocycles. The van der Waals surface area contributed by atoms with Crippen LogP contribution in [0.4, 0.5) is 0 Å². The summed E-state index contributed by atoms with van der Waals surface area (Å²) in [6.45, 7) is 2.76. The molecule has 0 saturated carbocycles. The Morgan fingerprint density at radius 1 is 0.425 bits per heavy atom. The highest BCUT2D eigenvalue weighted by Crippen LogP contribution is 2.30. The Hall–Kier alpha value is -2.83. The minimum Gasteiger partial charge on any atom is -0.394 e. The van der Waals surface area contributed by atoms with E-state index in [2.05, 4.69) is 104 Å². The van der Waals surface area contributed by atoms with Crippen molar-refractivity contribution in [3.05, 3.63) is 85.1 Å². The number of rotatable bonds is 57. The standard InChI is InChI=1S/C73H129NO13/c1-3-5-7-9-11-13-15-17-19-20-21-22-23-24-25-26-27-28-29-30-31-32-33-34-35-36-37-38-39-40-41-42-43-45-47-49-51-53-55-57-65(78)74-61(62(77)56-54-52-50-48-46-44-18-16-14-12-10-8-6-4-2)60-84-72-70(83)68(81)71(64(59-76)86-72)87-73-69(82)67(80)66(79)63(58-75)85-73/h5,7,11,13,17,19,21-22,24-25,27-28,30-31,61-64,66-73,75-77,79-83H,3-4,6,8-10,12,14-16,18,20,23,26,29,32-60H2,1-2H3,(H,74,78)/b7-5-,13-11-,19-17-,22-21-,25-24-,28-27-,31-30-. The van der Waals surface area contributed by atoms with Crippen molar-refractivity contribution in [1.82, 2.24) is 5.32 Å². The minimum atomic E-state index is -1.78. The van der Waals surface area contributed by atoms with Crippen molar-refractivity contribution < 1.29 is 64.6 Å². The van der Waals surface area contributed by atoms with Crippen molar-refractivity contribution >= 4 is 5.91 Å². The molecule has 2 aliphatic rings. The Morgan fingerprint density at radius 3 is 1.22 bits per heavy atom. The van der Waals surface area contributed by atoms with Crippen LogP contribution in [0.1, 0.15) is 277 Å². The van der Waals surface area contributed by atoms with Gasteiger partial charge in [0.25, 0.3) is 0 Å². The molecule has 2 aliphatic heterocycles. The quantitative estimate of drug-likeness (QED) is 0.0204. The number of ether oxygens (including phenoxy) is 4. The van der Waals surface area contributed by atoms with Crippen molar-refractivity contribution in [3.63, 3.8) is 0 Å². The third-order valence-electron chi connectivity index (χ3n) is 16.9. The van der Waals surface area contributed by atoms with E-state index in [0.717, 1.165) is 96.3 Å². The fourth-order valence-electron chi connectivity index (χ4n) is 11.3. The monoisotopic (exact) mass is 1230 g/mol. The summed E-state index contributed by atoms with van der Waals surface area (Å²) in [5.74, 6) is -0.206. The van der Waals surface area contributed by atoms with E-state index >= 15 is 0 Å². The molecule has 87 heavy (non-hydrogen) atoms. The van der Waals surface area contributed by atoms with Gasteiger partial charge in [0.15, 0.2) is 12.6 Å². The first-order valence-electron chi connectivity index (χ1n) is 35.3. The number of carbonyl (C=O) groups excluding carboxylic acids is 1. The summed E-state index contributed by atoms with van der Waals surface area (Å²) in [6, 6.07) is -0.831. The molecule has 9 N–H and O–H groups in total. The Balaban J connectivity index is 1.57. The van der Waals surface area contributed by atoms with Gasteiger partial charge in [0, 0.05) is 6.42 Å². The van der Waals surface area contributed by atoms with Crippen LogP contribution in [0, 0.1) is 0 Å². The third-order valence-corrected chi connectivity index (χ3v) is 16.9. The average Bonchev–Trinajstić information content (AvgIpc) is 2.05.